The maximum Gasteiger partial charge on any atom is 0.308 e. The second kappa shape index (κ2) is 11.5. The van der Waals surface area contributed by atoms with Crippen molar-refractivity contribution in [1.29, 1.82) is 0 Å². The predicted octanol–water partition coefficient (Wildman–Crippen LogP) is 3.87. The number of fused-ring (bicyclic) bond motifs is 1. The van der Waals surface area contributed by atoms with Crippen molar-refractivity contribution in [1.82, 2.24) is 15.0 Å². The number of thioether (sulfide) groups is 1. The SMILES string of the molecule is COc1cc(C=NNC(=O)CSc2nc3ccccc3c(=O)n2-c2ccc(C)cc2)ccc1OC(C)=O. The van der Waals surface area contributed by atoms with Gasteiger partial charge in [-0.25, -0.2) is 10.4 Å². The van der Waals surface area contributed by atoms with Gasteiger partial charge in [-0.2, -0.15) is 5.10 Å². The highest BCUT2D eigenvalue weighted by atomic mass is 32.2. The summed E-state index contributed by atoms with van der Waals surface area (Å²) in [6.07, 6.45) is 1.44. The van der Waals surface area contributed by atoms with Gasteiger partial charge in [-0.1, -0.05) is 41.6 Å². The Morgan fingerprint density at radius 3 is 2.57 bits per heavy atom. The van der Waals surface area contributed by atoms with E-state index in [9.17, 15) is 14.4 Å². The van der Waals surface area contributed by atoms with Crippen LogP contribution in [0, 0.1) is 6.92 Å². The number of nitrogens with zero attached hydrogens (tertiary/aromatic N) is 3. The van der Waals surface area contributed by atoms with E-state index in [-0.39, 0.29) is 23.0 Å². The Bertz CT molecular complexity index is 1550. The molecule has 1 aromatic heterocycles. The van der Waals surface area contributed by atoms with Gasteiger partial charge in [0.05, 0.1) is 35.7 Å². The lowest BCUT2D eigenvalue weighted by Crippen LogP contribution is -2.24. The number of methoxy groups -OCH3 is 1. The minimum Gasteiger partial charge on any atom is -0.493 e. The summed E-state index contributed by atoms with van der Waals surface area (Å²) in [6.45, 7) is 3.27. The van der Waals surface area contributed by atoms with Crippen LogP contribution in [0.1, 0.15) is 18.1 Å². The first-order chi connectivity index (χ1) is 17.9. The average Bonchev–Trinajstić information content (AvgIpc) is 2.89. The molecule has 0 saturated carbocycles. The number of esters is 1. The first-order valence-corrected chi connectivity index (χ1v) is 12.2. The van der Waals surface area contributed by atoms with Crippen LogP contribution in [0.3, 0.4) is 0 Å². The number of hydrazone groups is 1. The minimum absolute atomic E-state index is 0.0112. The number of nitrogens with one attached hydrogen (secondary N) is 1. The van der Waals surface area contributed by atoms with Gasteiger partial charge in [0.25, 0.3) is 11.5 Å². The number of hydrogen-bond acceptors (Lipinski definition) is 8. The van der Waals surface area contributed by atoms with Crippen LogP contribution in [-0.2, 0) is 9.59 Å². The van der Waals surface area contributed by atoms with Crippen LogP contribution in [-0.4, -0.2) is 40.5 Å². The fraction of sp³-hybridized carbons (Fsp3) is 0.148. The van der Waals surface area contributed by atoms with Gasteiger partial charge in [0.2, 0.25) is 0 Å². The number of amides is 1. The molecule has 0 atom stereocenters. The van der Waals surface area contributed by atoms with E-state index in [0.717, 1.165) is 17.3 Å². The Labute approximate surface area is 217 Å². The van der Waals surface area contributed by atoms with Gasteiger partial charge >= 0.3 is 5.97 Å². The van der Waals surface area contributed by atoms with E-state index < -0.39 is 5.97 Å². The Morgan fingerprint density at radius 2 is 1.84 bits per heavy atom. The summed E-state index contributed by atoms with van der Waals surface area (Å²) >= 11 is 1.14. The first kappa shape index (κ1) is 25.6. The number of rotatable bonds is 8. The largest absolute Gasteiger partial charge is 0.493 e. The molecule has 1 heterocycles. The Balaban J connectivity index is 1.49. The van der Waals surface area contributed by atoms with Crippen LogP contribution in [0.5, 0.6) is 11.5 Å². The van der Waals surface area contributed by atoms with Crippen molar-refractivity contribution in [2.45, 2.75) is 19.0 Å². The van der Waals surface area contributed by atoms with Gasteiger partial charge in [0, 0.05) is 6.92 Å². The van der Waals surface area contributed by atoms with Gasteiger partial charge in [-0.05, 0) is 55.0 Å². The molecule has 1 N–H and O–H groups in total. The summed E-state index contributed by atoms with van der Waals surface area (Å²) in [6, 6.07) is 19.5. The summed E-state index contributed by atoms with van der Waals surface area (Å²) in [4.78, 5) is 41.6. The number of carbonyl (C=O) groups excluding carboxylic acids is 2. The molecule has 9 nitrogen and oxygen atoms in total. The van der Waals surface area contributed by atoms with Crippen LogP contribution >= 0.6 is 11.8 Å². The standard InChI is InChI=1S/C27H24N4O5S/c1-17-8-11-20(12-9-17)31-26(34)21-6-4-5-7-22(21)29-27(31)37-16-25(33)30-28-15-19-10-13-23(36-18(2)32)24(14-19)35-3/h4-15H,16H2,1-3H3,(H,30,33). The normalized spacial score (nSPS) is 11.0. The zero-order valence-corrected chi connectivity index (χ0v) is 21.2. The van der Waals surface area contributed by atoms with E-state index in [1.54, 1.807) is 36.4 Å². The number of aryl methyl sites for hydroxylation is 1. The summed E-state index contributed by atoms with van der Waals surface area (Å²) < 4.78 is 11.8. The van der Waals surface area contributed by atoms with Crippen LogP contribution in [0.25, 0.3) is 16.6 Å². The average molecular weight is 517 g/mol. The molecule has 0 aliphatic heterocycles. The van der Waals surface area contributed by atoms with E-state index in [4.69, 9.17) is 9.47 Å². The van der Waals surface area contributed by atoms with E-state index in [0.29, 0.717) is 33.1 Å². The number of aromatic nitrogens is 2. The molecule has 10 heteroatoms. The highest BCUT2D eigenvalue weighted by Crippen LogP contribution is 2.27. The molecule has 0 fully saturated rings. The van der Waals surface area contributed by atoms with Crippen molar-refractivity contribution in [3.63, 3.8) is 0 Å². The maximum absolute atomic E-state index is 13.3. The highest BCUT2D eigenvalue weighted by Gasteiger charge is 2.15. The third-order valence-electron chi connectivity index (χ3n) is 5.21. The first-order valence-electron chi connectivity index (χ1n) is 11.3. The number of ether oxygens (including phenoxy) is 2. The Hall–Kier alpha value is -4.44. The number of benzene rings is 3. The highest BCUT2D eigenvalue weighted by molar-refractivity contribution is 7.99. The third kappa shape index (κ3) is 6.22. The number of carbonyl (C=O) groups is 2. The lowest BCUT2D eigenvalue weighted by atomic mass is 10.2. The molecule has 4 aromatic rings. The molecule has 0 saturated heterocycles. The minimum atomic E-state index is -0.460. The topological polar surface area (TPSA) is 112 Å². The molecule has 0 unspecified atom stereocenters. The van der Waals surface area contributed by atoms with Crippen molar-refractivity contribution in [2.24, 2.45) is 5.10 Å². The molecule has 0 aliphatic carbocycles. The van der Waals surface area contributed by atoms with Crippen LogP contribution in [0.15, 0.2) is 81.8 Å². The van der Waals surface area contributed by atoms with Crippen LogP contribution < -0.4 is 20.5 Å². The Kier molecular flexibility index (Phi) is 7.99. The van der Waals surface area contributed by atoms with E-state index in [1.807, 2.05) is 37.3 Å². The fourth-order valence-electron chi connectivity index (χ4n) is 3.48. The van der Waals surface area contributed by atoms with E-state index in [2.05, 4.69) is 15.5 Å². The fourth-order valence-corrected chi connectivity index (χ4v) is 4.28. The van der Waals surface area contributed by atoms with Crippen molar-refractivity contribution in [3.05, 3.63) is 88.2 Å². The molecule has 1 amide bonds. The second-order valence-corrected chi connectivity index (χ2v) is 8.92. The molecule has 188 valence electrons. The van der Waals surface area contributed by atoms with Gasteiger partial charge in [0.1, 0.15) is 0 Å². The molecule has 0 bridgehead atoms. The smallest absolute Gasteiger partial charge is 0.308 e. The lowest BCUT2D eigenvalue weighted by Gasteiger charge is -2.13. The summed E-state index contributed by atoms with van der Waals surface area (Å²) in [5.74, 6) is -0.198. The van der Waals surface area contributed by atoms with Crippen molar-refractivity contribution < 1.29 is 19.1 Å². The van der Waals surface area contributed by atoms with Crippen LogP contribution in [0.4, 0.5) is 0 Å². The number of hydrogen-bond donors (Lipinski definition) is 1. The molecule has 0 spiro atoms. The molecular weight excluding hydrogens is 492 g/mol. The van der Waals surface area contributed by atoms with Crippen molar-refractivity contribution in [3.8, 4) is 17.2 Å². The molecule has 3 aromatic carbocycles. The van der Waals surface area contributed by atoms with E-state index in [1.165, 1.54) is 24.8 Å². The second-order valence-electron chi connectivity index (χ2n) is 7.97. The van der Waals surface area contributed by atoms with Gasteiger partial charge in [0.15, 0.2) is 16.7 Å². The van der Waals surface area contributed by atoms with Crippen molar-refractivity contribution in [2.75, 3.05) is 12.9 Å². The Morgan fingerprint density at radius 1 is 1.08 bits per heavy atom. The zero-order chi connectivity index (χ0) is 26.4. The quantitative estimate of drug-likeness (QED) is 0.0945. The molecule has 37 heavy (non-hydrogen) atoms. The molecular formula is C27H24N4O5S. The zero-order valence-electron chi connectivity index (χ0n) is 20.4. The maximum atomic E-state index is 13.3. The number of para-hydroxylation sites is 1. The summed E-state index contributed by atoms with van der Waals surface area (Å²) in [5, 5.41) is 4.88. The van der Waals surface area contributed by atoms with Gasteiger partial charge < -0.3 is 9.47 Å². The van der Waals surface area contributed by atoms with Gasteiger partial charge in [-0.3, -0.25) is 19.0 Å². The van der Waals surface area contributed by atoms with Crippen LogP contribution in [0.2, 0.25) is 0 Å². The third-order valence-corrected chi connectivity index (χ3v) is 6.15. The predicted molar refractivity (Wildman–Crippen MR) is 143 cm³/mol. The summed E-state index contributed by atoms with van der Waals surface area (Å²) in [7, 11) is 1.46. The van der Waals surface area contributed by atoms with Crippen molar-refractivity contribution >= 4 is 40.8 Å². The molecule has 4 rings (SSSR count). The molecule has 0 aliphatic rings. The lowest BCUT2D eigenvalue weighted by molar-refractivity contribution is -0.132. The van der Waals surface area contributed by atoms with E-state index >= 15 is 0 Å². The molecule has 0 radical (unpaired) electrons. The van der Waals surface area contributed by atoms with Gasteiger partial charge in [-0.15, -0.1) is 0 Å². The summed E-state index contributed by atoms with van der Waals surface area (Å²) in [5.41, 5.74) is 5.19. The monoisotopic (exact) mass is 516 g/mol.